The summed E-state index contributed by atoms with van der Waals surface area (Å²) in [5.41, 5.74) is 25.6. The van der Waals surface area contributed by atoms with Gasteiger partial charge in [0.15, 0.2) is 16.0 Å². The summed E-state index contributed by atoms with van der Waals surface area (Å²) in [7, 11) is 0. The van der Waals surface area contributed by atoms with Crippen molar-refractivity contribution in [3.63, 3.8) is 0 Å². The topological polar surface area (TPSA) is 483 Å². The fraction of sp³-hybridized carbons (Fsp3) is 0.462. The summed E-state index contributed by atoms with van der Waals surface area (Å²) in [5, 5.41) is 56.2. The molecule has 8 rings (SSSR count). The van der Waals surface area contributed by atoms with E-state index in [4.69, 9.17) is 114 Å². The second kappa shape index (κ2) is 59.0. The van der Waals surface area contributed by atoms with E-state index < -0.39 is 11.9 Å². The van der Waals surface area contributed by atoms with Crippen LogP contribution in [0.4, 0.5) is 11.4 Å². The number of ether oxygens (including phenoxy) is 16. The van der Waals surface area contributed by atoms with E-state index >= 15 is 0 Å². The Hall–Kier alpha value is -9.77. The van der Waals surface area contributed by atoms with Gasteiger partial charge in [-0.1, -0.05) is 22.4 Å². The lowest BCUT2D eigenvalue weighted by Crippen LogP contribution is -2.31. The van der Waals surface area contributed by atoms with Crippen LogP contribution in [0.2, 0.25) is 0 Å². The van der Waals surface area contributed by atoms with Crippen molar-refractivity contribution in [3.8, 4) is 56.4 Å². The molecular formula is C78H98N10O26S2. The lowest BCUT2D eigenvalue weighted by molar-refractivity contribution is -0.0228. The number of nitrogens with zero attached hydrogens (tertiary/aromatic N) is 7. The molecule has 0 atom stereocenters. The van der Waals surface area contributed by atoms with Crippen LogP contribution in [-0.4, -0.2) is 280 Å². The molecule has 2 aliphatic carbocycles. The van der Waals surface area contributed by atoms with Crippen LogP contribution in [0, 0.1) is 0 Å². The fourth-order valence-corrected chi connectivity index (χ4v) is 10.8. The van der Waals surface area contributed by atoms with Crippen molar-refractivity contribution < 1.29 is 115 Å². The van der Waals surface area contributed by atoms with Gasteiger partial charge in [0.05, 0.1) is 233 Å². The number of carboxylic acid groups (broad SMARTS) is 2. The molecule has 0 saturated carbocycles. The molecule has 36 nitrogen and oxygen atoms in total. The van der Waals surface area contributed by atoms with Gasteiger partial charge in [-0.15, -0.1) is 0 Å². The SMILES string of the molecule is O=C(O)c1cc(N=C=S)ccc1-c1c2ccc(=O)cc-2oc2cc(O)ccc12.[N-]=[N+]=NCCOCCOCCOCCOCCOCCOCCOCCOCCN.[N-]=[N+]=NCCOCCOCCOCCOCCOCCOCCOCCOCCNC(=S)Nc1ccc(-c2c3ccc(=O)cc-3oc3cc(O)ccc23)c(C(=O)O)c1. The summed E-state index contributed by atoms with van der Waals surface area (Å²) in [5.74, 6) is -1.79. The van der Waals surface area contributed by atoms with Gasteiger partial charge in [0, 0.05) is 99.0 Å². The largest absolute Gasteiger partial charge is 0.508 e. The van der Waals surface area contributed by atoms with Crippen molar-refractivity contribution >= 4 is 80.0 Å². The zero-order valence-electron chi connectivity index (χ0n) is 64.1. The molecule has 4 aromatic rings. The number of aliphatic imine (C=N–C) groups is 1. The van der Waals surface area contributed by atoms with E-state index in [1.54, 1.807) is 48.5 Å². The van der Waals surface area contributed by atoms with Crippen LogP contribution < -0.4 is 27.2 Å². The van der Waals surface area contributed by atoms with Gasteiger partial charge in [-0.05, 0) is 119 Å². The minimum Gasteiger partial charge on any atom is -0.508 e. The predicted molar refractivity (Wildman–Crippen MR) is 435 cm³/mol. The molecule has 0 saturated heterocycles. The van der Waals surface area contributed by atoms with E-state index in [0.717, 1.165) is 0 Å². The van der Waals surface area contributed by atoms with Gasteiger partial charge in [0.1, 0.15) is 34.2 Å². The minimum absolute atomic E-state index is 0.00286. The maximum atomic E-state index is 12.5. The van der Waals surface area contributed by atoms with Crippen LogP contribution in [0.25, 0.3) is 87.7 Å². The summed E-state index contributed by atoms with van der Waals surface area (Å²) in [4.78, 5) is 57.4. The van der Waals surface area contributed by atoms with Crippen molar-refractivity contribution in [2.75, 3.05) is 243 Å². The molecule has 2 heterocycles. The molecule has 628 valence electrons. The third-order valence-electron chi connectivity index (χ3n) is 15.6. The van der Waals surface area contributed by atoms with Crippen LogP contribution in [0.15, 0.2) is 143 Å². The molecule has 0 unspecified atom stereocenters. The molecule has 0 spiro atoms. The molecule has 116 heavy (non-hydrogen) atoms. The molecule has 0 radical (unpaired) electrons. The number of nitrogens with one attached hydrogen (secondary N) is 2. The van der Waals surface area contributed by atoms with Gasteiger partial charge in [0.2, 0.25) is 0 Å². The molecule has 0 amide bonds. The maximum absolute atomic E-state index is 12.5. The third-order valence-corrected chi connectivity index (χ3v) is 15.9. The summed E-state index contributed by atoms with van der Waals surface area (Å²) >= 11 is 9.99. The van der Waals surface area contributed by atoms with Gasteiger partial charge < -0.3 is 121 Å². The van der Waals surface area contributed by atoms with E-state index in [2.05, 4.69) is 53.1 Å². The summed E-state index contributed by atoms with van der Waals surface area (Å²) in [6, 6.07) is 27.2. The zero-order chi connectivity index (χ0) is 82.8. The van der Waals surface area contributed by atoms with E-state index in [0.29, 0.717) is 304 Å². The smallest absolute Gasteiger partial charge is 0.336 e. The summed E-state index contributed by atoms with van der Waals surface area (Å²) in [6.07, 6.45) is 0. The Morgan fingerprint density at radius 3 is 1.09 bits per heavy atom. The highest BCUT2D eigenvalue weighted by molar-refractivity contribution is 7.80. The average Bonchev–Trinajstić information content (AvgIpc) is 0.755. The Bertz CT molecular complexity index is 4430. The Morgan fingerprint density at radius 1 is 0.422 bits per heavy atom. The van der Waals surface area contributed by atoms with Crippen molar-refractivity contribution in [3.05, 3.63) is 162 Å². The van der Waals surface area contributed by atoms with Crippen molar-refractivity contribution in [1.29, 1.82) is 0 Å². The second-order valence-electron chi connectivity index (χ2n) is 23.8. The Kier molecular flexibility index (Phi) is 48.3. The zero-order valence-corrected chi connectivity index (χ0v) is 65.8. The average molecular weight is 1660 g/mol. The van der Waals surface area contributed by atoms with Crippen molar-refractivity contribution in [1.82, 2.24) is 5.32 Å². The van der Waals surface area contributed by atoms with E-state index in [-0.39, 0.29) is 50.1 Å². The molecule has 4 aromatic carbocycles. The number of phenols is 2. The number of aromatic hydroxyl groups is 2. The quantitative estimate of drug-likeness (QED) is 0.00354. The molecule has 2 aliphatic heterocycles. The Morgan fingerprint density at radius 2 is 0.750 bits per heavy atom. The maximum Gasteiger partial charge on any atom is 0.336 e. The van der Waals surface area contributed by atoms with Crippen LogP contribution in [0.5, 0.6) is 11.5 Å². The monoisotopic (exact) mass is 1650 g/mol. The Balaban J connectivity index is 0.000000301. The minimum atomic E-state index is -1.16. The molecule has 0 bridgehead atoms. The number of thiocarbonyl (C=S) groups is 2. The van der Waals surface area contributed by atoms with Gasteiger partial charge in [-0.2, -0.15) is 4.99 Å². The van der Waals surface area contributed by atoms with Gasteiger partial charge in [0.25, 0.3) is 0 Å². The van der Waals surface area contributed by atoms with Crippen LogP contribution >= 0.6 is 24.4 Å². The fourth-order valence-electron chi connectivity index (χ4n) is 10.4. The van der Waals surface area contributed by atoms with Gasteiger partial charge >= 0.3 is 11.9 Å². The lowest BCUT2D eigenvalue weighted by atomic mass is 9.90. The number of azide groups is 2. The molecule has 38 heteroatoms. The third kappa shape index (κ3) is 37.4. The number of hydrogen-bond acceptors (Lipinski definition) is 30. The number of carbonyl (C=O) groups is 2. The van der Waals surface area contributed by atoms with Gasteiger partial charge in [-0.25, -0.2) is 9.59 Å². The molecule has 4 aliphatic rings. The molecular weight excluding hydrogens is 1560 g/mol. The molecule has 0 aromatic heterocycles. The van der Waals surface area contributed by atoms with E-state index in [1.807, 2.05) is 0 Å². The number of rotatable bonds is 59. The first kappa shape index (κ1) is 95.1. The van der Waals surface area contributed by atoms with Crippen LogP contribution in [-0.2, 0) is 75.8 Å². The molecule has 8 N–H and O–H groups in total. The highest BCUT2D eigenvalue weighted by Crippen LogP contribution is 2.44. The van der Waals surface area contributed by atoms with E-state index in [1.165, 1.54) is 60.7 Å². The highest BCUT2D eigenvalue weighted by Gasteiger charge is 2.25. The van der Waals surface area contributed by atoms with Crippen LogP contribution in [0.1, 0.15) is 20.7 Å². The number of nitrogens with two attached hydrogens (primary N) is 1. The number of phenolic OH excluding ortho intramolecular Hbond substituents is 2. The first-order chi connectivity index (χ1) is 56.8. The number of benzene rings is 6. The number of isothiocyanates is 1. The number of anilines is 1. The van der Waals surface area contributed by atoms with Crippen molar-refractivity contribution in [2.24, 2.45) is 21.0 Å². The number of aromatic carboxylic acids is 2. The lowest BCUT2D eigenvalue weighted by Gasteiger charge is -2.18. The first-order valence-corrected chi connectivity index (χ1v) is 37.8. The Labute approximate surface area is 678 Å². The van der Waals surface area contributed by atoms with Crippen molar-refractivity contribution in [2.45, 2.75) is 0 Å². The highest BCUT2D eigenvalue weighted by atomic mass is 32.1. The second-order valence-corrected chi connectivity index (χ2v) is 24.4. The molecule has 0 fully saturated rings. The first-order valence-electron chi connectivity index (χ1n) is 37.0. The number of hydrogen-bond donors (Lipinski definition) is 7. The summed E-state index contributed by atoms with van der Waals surface area (Å²) < 4.78 is 97.8. The normalized spacial score (nSPS) is 11.0. The number of carboxylic acids is 2. The van der Waals surface area contributed by atoms with E-state index in [9.17, 15) is 39.6 Å². The van der Waals surface area contributed by atoms with Crippen LogP contribution in [0.3, 0.4) is 0 Å². The summed E-state index contributed by atoms with van der Waals surface area (Å²) in [6.45, 7) is 16.6. The standard InChI is InChI=1S/C39H49N5O13S.C21H11NO5S.C18H38N4O8/c40-44-42-8-10-50-12-14-52-16-18-54-20-22-56-24-23-55-21-19-53-17-15-51-13-11-49-9-7-41-39(58)43-28-1-4-31(34(25-28)38(47)48)37-32-5-2-29(45)26-35(32)57-36-27-30(46)3-6-33(36)37;23-12-2-5-15-18(8-12)27-19-9-13(24)3-6-16(19)20(15)14-4-1-11(22-10-28)7-17(14)21(25)26;19-1-3-23-5-7-25-9-11-27-13-15-29-17-18-30-16-14-28-12-10-26-8-6-24-4-2-21-22-20/h1-6,25-27,45H,7-24H2,(H,47,48)(H2,41,43,58);1-9,23H,(H,25,26);1-19H2. The van der Waals surface area contributed by atoms with Gasteiger partial charge in [-0.3, -0.25) is 9.59 Å². The predicted octanol–water partition coefficient (Wildman–Crippen LogP) is 9.79. The number of fused-ring (bicyclic) bond motifs is 4.